The largest absolute Gasteiger partial charge is 0.281 e. The highest BCUT2D eigenvalue weighted by molar-refractivity contribution is 6.65. The van der Waals surface area contributed by atoms with Gasteiger partial charge in [-0.05, 0) is 29.6 Å². The van der Waals surface area contributed by atoms with Gasteiger partial charge in [0.05, 0.1) is 0 Å². The second-order valence-corrected chi connectivity index (χ2v) is 2.73. The number of halogens is 2. The van der Waals surface area contributed by atoms with Crippen LogP contribution in [-0.2, 0) is 14.4 Å². The minimum atomic E-state index is -1.01. The first-order chi connectivity index (χ1) is 5.57. The molecule has 0 fully saturated rings. The Labute approximate surface area is 78.6 Å². The average Bonchev–Trinajstić information content (AvgIpc) is 1.96. The molecule has 0 spiro atoms. The molecular weight excluding hydrogens is 205 g/mol. The maximum Gasteiger partial charge on any atom is 0.247 e. The summed E-state index contributed by atoms with van der Waals surface area (Å²) in [5.41, 5.74) is 0. The number of isocyanates is 1. The van der Waals surface area contributed by atoms with Gasteiger partial charge in [0.25, 0.3) is 0 Å². The van der Waals surface area contributed by atoms with Crippen molar-refractivity contribution in [2.24, 2.45) is 4.99 Å². The molecule has 0 aliphatic carbocycles. The summed E-state index contributed by atoms with van der Waals surface area (Å²) in [5, 5.41) is -1.39. The van der Waals surface area contributed by atoms with Crippen molar-refractivity contribution in [2.75, 3.05) is 0 Å². The van der Waals surface area contributed by atoms with E-state index in [0.717, 1.165) is 0 Å². The molecule has 1 atom stereocenters. The molecule has 0 bridgehead atoms. The molecule has 4 nitrogen and oxygen atoms in total. The molecule has 66 valence electrons. The second-order valence-electron chi connectivity index (χ2n) is 1.93. The lowest BCUT2D eigenvalue weighted by molar-refractivity contribution is -0.113. The number of aliphatic imine (C=N–C) groups is 1. The van der Waals surface area contributed by atoms with Crippen molar-refractivity contribution in [3.05, 3.63) is 0 Å². The second kappa shape index (κ2) is 5.89. The van der Waals surface area contributed by atoms with Crippen molar-refractivity contribution in [3.8, 4) is 0 Å². The number of hydrogen-bond donors (Lipinski definition) is 0. The summed E-state index contributed by atoms with van der Waals surface area (Å²) >= 11 is 10.0. The van der Waals surface area contributed by atoms with Crippen LogP contribution in [0.5, 0.6) is 0 Å². The van der Waals surface area contributed by atoms with Crippen LogP contribution in [0.1, 0.15) is 12.8 Å². The fourth-order valence-electron chi connectivity index (χ4n) is 0.543. The summed E-state index contributed by atoms with van der Waals surface area (Å²) in [6.45, 7) is 0. The third-order valence-electron chi connectivity index (χ3n) is 1.08. The first-order valence-electron chi connectivity index (χ1n) is 3.02. The molecule has 0 N–H and O–H groups in total. The molecule has 6 heteroatoms. The van der Waals surface area contributed by atoms with Gasteiger partial charge >= 0.3 is 0 Å². The van der Waals surface area contributed by atoms with Gasteiger partial charge in [-0.3, -0.25) is 9.59 Å². The molecule has 1 unspecified atom stereocenters. The maximum absolute atomic E-state index is 10.5. The average molecular weight is 210 g/mol. The summed E-state index contributed by atoms with van der Waals surface area (Å²) < 4.78 is 0. The smallest absolute Gasteiger partial charge is 0.247 e. The first kappa shape index (κ1) is 11.3. The van der Waals surface area contributed by atoms with Crippen LogP contribution in [-0.4, -0.2) is 22.6 Å². The molecule has 0 saturated carbocycles. The number of carbonyl (C=O) groups is 2. The van der Waals surface area contributed by atoms with E-state index in [1.807, 2.05) is 0 Å². The number of nitrogens with zero attached hydrogens (tertiary/aromatic N) is 1. The zero-order valence-electron chi connectivity index (χ0n) is 5.92. The summed E-state index contributed by atoms with van der Waals surface area (Å²) in [7, 11) is 0. The molecule has 0 radical (unpaired) electrons. The summed E-state index contributed by atoms with van der Waals surface area (Å²) in [6, 6.07) is -1.01. The Kier molecular flexibility index (Phi) is 5.54. The molecule has 0 heterocycles. The van der Waals surface area contributed by atoms with Gasteiger partial charge in [-0.25, -0.2) is 4.79 Å². The van der Waals surface area contributed by atoms with Gasteiger partial charge in [0, 0.05) is 6.42 Å². The molecule has 0 aliphatic heterocycles. The third-order valence-corrected chi connectivity index (χ3v) is 1.53. The molecule has 12 heavy (non-hydrogen) atoms. The molecule has 0 amide bonds. The summed E-state index contributed by atoms with van der Waals surface area (Å²) in [6.07, 6.45) is 1.18. The van der Waals surface area contributed by atoms with Crippen molar-refractivity contribution in [2.45, 2.75) is 18.9 Å². The van der Waals surface area contributed by atoms with Crippen LogP contribution in [0, 0.1) is 0 Å². The van der Waals surface area contributed by atoms with Gasteiger partial charge in [0.15, 0.2) is 0 Å². The zero-order chi connectivity index (χ0) is 9.56. The molecule has 0 saturated heterocycles. The van der Waals surface area contributed by atoms with Crippen LogP contribution in [0.15, 0.2) is 4.99 Å². The highest BCUT2D eigenvalue weighted by atomic mass is 35.5. The van der Waals surface area contributed by atoms with Crippen LogP contribution in [0.3, 0.4) is 0 Å². The predicted molar refractivity (Wildman–Crippen MR) is 42.9 cm³/mol. The Bertz CT molecular complexity index is 233. The maximum atomic E-state index is 10.5. The highest BCUT2D eigenvalue weighted by Gasteiger charge is 2.15. The summed E-state index contributed by atoms with van der Waals surface area (Å²) in [5.74, 6) is 0. The minimum absolute atomic E-state index is 0.0416. The van der Waals surface area contributed by atoms with Gasteiger partial charge < -0.3 is 0 Å². The van der Waals surface area contributed by atoms with Crippen LogP contribution in [0.4, 0.5) is 0 Å². The first-order valence-corrected chi connectivity index (χ1v) is 3.78. The van der Waals surface area contributed by atoms with E-state index in [-0.39, 0.29) is 12.8 Å². The summed E-state index contributed by atoms with van der Waals surface area (Å²) in [4.78, 5) is 33.6. The molecular formula is C6H5Cl2NO3. The van der Waals surface area contributed by atoms with E-state index in [9.17, 15) is 14.4 Å². The monoisotopic (exact) mass is 209 g/mol. The fraction of sp³-hybridized carbons (Fsp3) is 0.500. The van der Waals surface area contributed by atoms with Crippen LogP contribution in [0.25, 0.3) is 0 Å². The van der Waals surface area contributed by atoms with E-state index < -0.39 is 16.5 Å². The van der Waals surface area contributed by atoms with E-state index >= 15 is 0 Å². The van der Waals surface area contributed by atoms with E-state index in [4.69, 9.17) is 23.2 Å². The van der Waals surface area contributed by atoms with Gasteiger partial charge in [-0.1, -0.05) is 0 Å². The highest BCUT2D eigenvalue weighted by Crippen LogP contribution is 2.07. The van der Waals surface area contributed by atoms with Gasteiger partial charge in [-0.2, -0.15) is 4.99 Å². The minimum Gasteiger partial charge on any atom is -0.281 e. The Morgan fingerprint density at radius 3 is 2.33 bits per heavy atom. The Morgan fingerprint density at radius 1 is 1.42 bits per heavy atom. The SMILES string of the molecule is O=C=NC(CCC(=O)Cl)C(=O)Cl. The normalized spacial score (nSPS) is 11.5. The van der Waals surface area contributed by atoms with E-state index in [0.29, 0.717) is 0 Å². The molecule has 0 aromatic rings. The number of rotatable bonds is 5. The topological polar surface area (TPSA) is 63.6 Å². The Hall–Kier alpha value is -0.700. The Balaban J connectivity index is 4.05. The van der Waals surface area contributed by atoms with E-state index in [2.05, 4.69) is 4.99 Å². The van der Waals surface area contributed by atoms with E-state index in [1.165, 1.54) is 6.08 Å². The number of carbonyl (C=O) groups excluding carboxylic acids is 3. The van der Waals surface area contributed by atoms with E-state index in [1.54, 1.807) is 0 Å². The lowest BCUT2D eigenvalue weighted by Gasteiger charge is -2.00. The number of hydrogen-bond acceptors (Lipinski definition) is 4. The molecule has 0 rings (SSSR count). The van der Waals surface area contributed by atoms with Gasteiger partial charge in [0.1, 0.15) is 6.04 Å². The van der Waals surface area contributed by atoms with Gasteiger partial charge in [0.2, 0.25) is 16.6 Å². The molecule has 0 aromatic carbocycles. The van der Waals surface area contributed by atoms with Crippen molar-refractivity contribution in [3.63, 3.8) is 0 Å². The fourth-order valence-corrected chi connectivity index (χ4v) is 0.810. The van der Waals surface area contributed by atoms with Gasteiger partial charge in [-0.15, -0.1) is 0 Å². The van der Waals surface area contributed by atoms with Crippen molar-refractivity contribution < 1.29 is 14.4 Å². The lowest BCUT2D eigenvalue weighted by Crippen LogP contribution is -2.13. The third kappa shape index (κ3) is 5.02. The van der Waals surface area contributed by atoms with Crippen molar-refractivity contribution in [1.29, 1.82) is 0 Å². The predicted octanol–water partition coefficient (Wildman–Crippen LogP) is 1.00. The van der Waals surface area contributed by atoms with Crippen molar-refractivity contribution in [1.82, 2.24) is 0 Å². The zero-order valence-corrected chi connectivity index (χ0v) is 7.43. The molecule has 0 aromatic heterocycles. The lowest BCUT2D eigenvalue weighted by atomic mass is 10.2. The Morgan fingerprint density at radius 2 is 2.00 bits per heavy atom. The van der Waals surface area contributed by atoms with Crippen LogP contribution < -0.4 is 0 Å². The molecule has 0 aliphatic rings. The van der Waals surface area contributed by atoms with Crippen molar-refractivity contribution >= 4 is 39.8 Å². The van der Waals surface area contributed by atoms with Crippen LogP contribution >= 0.6 is 23.2 Å². The quantitative estimate of drug-likeness (QED) is 0.386. The van der Waals surface area contributed by atoms with Crippen LogP contribution in [0.2, 0.25) is 0 Å². The standard InChI is InChI=1S/C6H5Cl2NO3/c7-5(11)2-1-4(6(8)12)9-3-10/h4H,1-2H2.